The molecule has 0 radical (unpaired) electrons. The van der Waals surface area contributed by atoms with Gasteiger partial charge in [-0.25, -0.2) is 0 Å². The van der Waals surface area contributed by atoms with E-state index in [1.165, 1.54) is 6.42 Å². The molecule has 0 unspecified atom stereocenters. The largest absolute Gasteiger partial charge is 0.396 e. The average Bonchev–Trinajstić information content (AvgIpc) is 1.99. The maximum atomic E-state index is 8.92. The standard InChI is InChI=1S/C10H20O/c1-4-5-6-7-8-10(2,3)9-11/h6-7,11H,4-5,8-9H2,1-3H3/b7-6+. The van der Waals surface area contributed by atoms with Crippen molar-refractivity contribution < 1.29 is 5.11 Å². The van der Waals surface area contributed by atoms with Gasteiger partial charge in [0.25, 0.3) is 0 Å². The van der Waals surface area contributed by atoms with Crippen LogP contribution in [0, 0.1) is 5.41 Å². The number of hydrogen-bond acceptors (Lipinski definition) is 1. The minimum absolute atomic E-state index is 0.0598. The summed E-state index contributed by atoms with van der Waals surface area (Å²) in [5.74, 6) is 0. The van der Waals surface area contributed by atoms with Crippen molar-refractivity contribution in [1.82, 2.24) is 0 Å². The molecule has 11 heavy (non-hydrogen) atoms. The van der Waals surface area contributed by atoms with Crippen molar-refractivity contribution in [3.63, 3.8) is 0 Å². The van der Waals surface area contributed by atoms with Crippen molar-refractivity contribution in [1.29, 1.82) is 0 Å². The van der Waals surface area contributed by atoms with Gasteiger partial charge in [-0.1, -0.05) is 39.3 Å². The molecule has 0 aromatic rings. The molecule has 0 atom stereocenters. The van der Waals surface area contributed by atoms with Gasteiger partial charge < -0.3 is 5.11 Å². The predicted molar refractivity (Wildman–Crippen MR) is 49.5 cm³/mol. The Labute approximate surface area is 70.1 Å². The molecule has 0 aromatic carbocycles. The summed E-state index contributed by atoms with van der Waals surface area (Å²) in [5.41, 5.74) is 0.0598. The van der Waals surface area contributed by atoms with Crippen LogP contribution in [0.1, 0.15) is 40.0 Å². The Morgan fingerprint density at radius 1 is 1.27 bits per heavy atom. The lowest BCUT2D eigenvalue weighted by atomic mass is 9.90. The Morgan fingerprint density at radius 2 is 1.91 bits per heavy atom. The molecular weight excluding hydrogens is 136 g/mol. The highest BCUT2D eigenvalue weighted by Gasteiger charge is 2.13. The fraction of sp³-hybridized carbons (Fsp3) is 0.800. The molecular formula is C10H20O. The van der Waals surface area contributed by atoms with Crippen LogP contribution in [0.4, 0.5) is 0 Å². The van der Waals surface area contributed by atoms with Crippen LogP contribution >= 0.6 is 0 Å². The van der Waals surface area contributed by atoms with E-state index in [1.807, 2.05) is 0 Å². The summed E-state index contributed by atoms with van der Waals surface area (Å²) in [7, 11) is 0. The second-order valence-electron chi connectivity index (χ2n) is 3.79. The van der Waals surface area contributed by atoms with E-state index in [0.717, 1.165) is 12.8 Å². The zero-order chi connectivity index (χ0) is 8.74. The molecule has 1 heteroatoms. The van der Waals surface area contributed by atoms with E-state index >= 15 is 0 Å². The lowest BCUT2D eigenvalue weighted by molar-refractivity contribution is 0.162. The zero-order valence-electron chi connectivity index (χ0n) is 7.93. The molecule has 0 spiro atoms. The molecule has 1 nitrogen and oxygen atoms in total. The van der Waals surface area contributed by atoms with E-state index in [4.69, 9.17) is 5.11 Å². The van der Waals surface area contributed by atoms with Gasteiger partial charge in [-0.2, -0.15) is 0 Å². The van der Waals surface area contributed by atoms with Crippen molar-refractivity contribution in [3.05, 3.63) is 12.2 Å². The first kappa shape index (κ1) is 10.7. The Hall–Kier alpha value is -0.300. The lowest BCUT2D eigenvalue weighted by Gasteiger charge is -2.18. The van der Waals surface area contributed by atoms with Crippen molar-refractivity contribution in [2.45, 2.75) is 40.0 Å². The SMILES string of the molecule is CCC/C=C/CC(C)(C)CO. The third-order valence-electron chi connectivity index (χ3n) is 1.72. The molecule has 0 saturated carbocycles. The smallest absolute Gasteiger partial charge is 0.0485 e. The molecule has 0 amide bonds. The average molecular weight is 156 g/mol. The van der Waals surface area contributed by atoms with Crippen LogP contribution in [0.3, 0.4) is 0 Å². The molecule has 1 N–H and O–H groups in total. The first-order valence-corrected chi connectivity index (χ1v) is 4.38. The van der Waals surface area contributed by atoms with Crippen molar-refractivity contribution in [3.8, 4) is 0 Å². The van der Waals surface area contributed by atoms with Crippen molar-refractivity contribution in [2.75, 3.05) is 6.61 Å². The van der Waals surface area contributed by atoms with Gasteiger partial charge in [0.05, 0.1) is 0 Å². The fourth-order valence-corrected chi connectivity index (χ4v) is 0.751. The topological polar surface area (TPSA) is 20.2 Å². The number of rotatable bonds is 5. The minimum atomic E-state index is 0.0598. The van der Waals surface area contributed by atoms with Crippen LogP contribution < -0.4 is 0 Å². The summed E-state index contributed by atoms with van der Waals surface area (Å²) in [6.07, 6.45) is 7.69. The van der Waals surface area contributed by atoms with Gasteiger partial charge in [0.15, 0.2) is 0 Å². The number of hydrogen-bond donors (Lipinski definition) is 1. The Balaban J connectivity index is 3.51. The van der Waals surface area contributed by atoms with Crippen molar-refractivity contribution >= 4 is 0 Å². The van der Waals surface area contributed by atoms with Crippen LogP contribution in [-0.4, -0.2) is 11.7 Å². The summed E-state index contributed by atoms with van der Waals surface area (Å²) < 4.78 is 0. The molecule has 0 rings (SSSR count). The maximum Gasteiger partial charge on any atom is 0.0485 e. The molecule has 0 saturated heterocycles. The molecule has 0 aliphatic carbocycles. The van der Waals surface area contributed by atoms with E-state index in [2.05, 4.69) is 32.9 Å². The highest BCUT2D eigenvalue weighted by molar-refractivity contribution is 4.86. The predicted octanol–water partition coefficient (Wildman–Crippen LogP) is 2.75. The normalized spacial score (nSPS) is 12.7. The molecule has 0 fully saturated rings. The fourth-order valence-electron chi connectivity index (χ4n) is 0.751. The third kappa shape index (κ3) is 6.11. The number of aliphatic hydroxyl groups excluding tert-OH is 1. The number of unbranched alkanes of at least 4 members (excludes halogenated alkanes) is 1. The lowest BCUT2D eigenvalue weighted by Crippen LogP contribution is -2.14. The van der Waals surface area contributed by atoms with Gasteiger partial charge >= 0.3 is 0 Å². The summed E-state index contributed by atoms with van der Waals surface area (Å²) >= 11 is 0. The number of allylic oxidation sites excluding steroid dienone is 2. The van der Waals surface area contributed by atoms with Crippen LogP contribution in [0.5, 0.6) is 0 Å². The summed E-state index contributed by atoms with van der Waals surface area (Å²) in [6, 6.07) is 0. The quantitative estimate of drug-likeness (QED) is 0.607. The first-order valence-electron chi connectivity index (χ1n) is 4.38. The van der Waals surface area contributed by atoms with E-state index in [-0.39, 0.29) is 12.0 Å². The molecule has 0 aromatic heterocycles. The van der Waals surface area contributed by atoms with Gasteiger partial charge in [-0.05, 0) is 18.3 Å². The molecule has 66 valence electrons. The van der Waals surface area contributed by atoms with E-state index in [9.17, 15) is 0 Å². The second-order valence-corrected chi connectivity index (χ2v) is 3.79. The summed E-state index contributed by atoms with van der Waals surface area (Å²) in [6.45, 7) is 6.58. The Kier molecular flexibility index (Phi) is 5.22. The first-order chi connectivity index (χ1) is 5.12. The van der Waals surface area contributed by atoms with Crippen LogP contribution in [0.2, 0.25) is 0 Å². The van der Waals surface area contributed by atoms with E-state index in [0.29, 0.717) is 0 Å². The van der Waals surface area contributed by atoms with Crippen molar-refractivity contribution in [2.24, 2.45) is 5.41 Å². The highest BCUT2D eigenvalue weighted by atomic mass is 16.3. The molecule has 0 bridgehead atoms. The van der Waals surface area contributed by atoms with Crippen LogP contribution in [-0.2, 0) is 0 Å². The zero-order valence-corrected chi connectivity index (χ0v) is 7.93. The monoisotopic (exact) mass is 156 g/mol. The third-order valence-corrected chi connectivity index (χ3v) is 1.72. The van der Waals surface area contributed by atoms with Gasteiger partial charge in [-0.3, -0.25) is 0 Å². The maximum absolute atomic E-state index is 8.92. The summed E-state index contributed by atoms with van der Waals surface area (Å²) in [5, 5.41) is 8.92. The molecule has 0 aliphatic rings. The Bertz CT molecular complexity index is 114. The van der Waals surface area contributed by atoms with Gasteiger partial charge in [-0.15, -0.1) is 0 Å². The van der Waals surface area contributed by atoms with E-state index in [1.54, 1.807) is 0 Å². The Morgan fingerprint density at radius 3 is 2.36 bits per heavy atom. The van der Waals surface area contributed by atoms with Crippen LogP contribution in [0.25, 0.3) is 0 Å². The summed E-state index contributed by atoms with van der Waals surface area (Å²) in [4.78, 5) is 0. The molecule has 0 aliphatic heterocycles. The highest BCUT2D eigenvalue weighted by Crippen LogP contribution is 2.19. The second kappa shape index (κ2) is 5.36. The van der Waals surface area contributed by atoms with Gasteiger partial charge in [0.2, 0.25) is 0 Å². The van der Waals surface area contributed by atoms with Gasteiger partial charge in [0.1, 0.15) is 0 Å². The van der Waals surface area contributed by atoms with Gasteiger partial charge in [0, 0.05) is 6.61 Å². The molecule has 0 heterocycles. The van der Waals surface area contributed by atoms with E-state index < -0.39 is 0 Å². The number of aliphatic hydroxyl groups is 1. The van der Waals surface area contributed by atoms with Crippen LogP contribution in [0.15, 0.2) is 12.2 Å². The minimum Gasteiger partial charge on any atom is -0.396 e.